The molecule has 1 N–H and O–H groups in total. The van der Waals surface area contributed by atoms with Crippen LogP contribution in [0.25, 0.3) is 11.4 Å². The van der Waals surface area contributed by atoms with E-state index in [-0.39, 0.29) is 18.1 Å². The van der Waals surface area contributed by atoms with Crippen molar-refractivity contribution >= 4 is 23.1 Å². The molecule has 0 radical (unpaired) electrons. The highest BCUT2D eigenvalue weighted by atomic mass is 19.1. The van der Waals surface area contributed by atoms with E-state index in [1.165, 1.54) is 18.2 Å². The molecule has 0 atom stereocenters. The minimum Gasteiger partial charge on any atom is -0.459 e. The van der Waals surface area contributed by atoms with Gasteiger partial charge < -0.3 is 9.64 Å². The molecule has 0 saturated heterocycles. The number of likely N-dealkylation sites (N-methyl/N-ethyl adjacent to an activating group) is 1. The van der Waals surface area contributed by atoms with Gasteiger partial charge in [-0.2, -0.15) is 5.10 Å². The lowest BCUT2D eigenvalue weighted by molar-refractivity contribution is -0.156. The summed E-state index contributed by atoms with van der Waals surface area (Å²) in [7, 11) is 1.97. The number of halogens is 2. The van der Waals surface area contributed by atoms with Gasteiger partial charge >= 0.3 is 5.97 Å². The summed E-state index contributed by atoms with van der Waals surface area (Å²) in [5.41, 5.74) is 8.44. The predicted octanol–water partition coefficient (Wildman–Crippen LogP) is 3.97. The highest BCUT2D eigenvalue weighted by molar-refractivity contribution is 6.21. The van der Waals surface area contributed by atoms with Gasteiger partial charge in [-0.25, -0.2) is 8.78 Å². The summed E-state index contributed by atoms with van der Waals surface area (Å²) in [4.78, 5) is 16.3. The topological polar surface area (TPSA) is 57.2 Å². The first-order chi connectivity index (χ1) is 16.1. The average Bonchev–Trinajstić information content (AvgIpc) is 2.97. The molecule has 0 bridgehead atoms. The quantitative estimate of drug-likeness (QED) is 0.684. The van der Waals surface area contributed by atoms with Crippen LogP contribution in [0.5, 0.6) is 0 Å². The third-order valence-electron chi connectivity index (χ3n) is 6.24. The smallest absolute Gasteiger partial charge is 0.320 e. The second-order valence-electron chi connectivity index (χ2n) is 10.1. The van der Waals surface area contributed by atoms with E-state index in [2.05, 4.69) is 21.5 Å². The number of allylic oxidation sites excluding steroid dienone is 2. The summed E-state index contributed by atoms with van der Waals surface area (Å²) >= 11 is 0. The standard InChI is InChI=1S/C26H28F2N4O2/c1-26(2,3)34-23(33)14-32-7-5-15(6-8-32)19-12-31(4)13-20-17-9-16(27)10-18-21(28)11-22(24(17)18)29-30-25(19)20/h5,9-11,13,30H,6-8,12,14H2,1-4H3. The van der Waals surface area contributed by atoms with Crippen molar-refractivity contribution in [3.05, 3.63) is 69.8 Å². The lowest BCUT2D eigenvalue weighted by Gasteiger charge is -2.32. The molecule has 6 nitrogen and oxygen atoms in total. The first-order valence-electron chi connectivity index (χ1n) is 11.4. The largest absolute Gasteiger partial charge is 0.459 e. The van der Waals surface area contributed by atoms with Gasteiger partial charge in [-0.15, -0.1) is 0 Å². The number of nitrogens with zero attached hydrogens (tertiary/aromatic N) is 3. The fraction of sp³-hybridized carbons (Fsp3) is 0.385. The molecule has 0 saturated carbocycles. The molecule has 3 heterocycles. The lowest BCUT2D eigenvalue weighted by Crippen LogP contribution is -2.38. The Bertz CT molecular complexity index is 1230. The molecule has 0 unspecified atom stereocenters. The number of carbonyl (C=O) groups is 1. The fourth-order valence-electron chi connectivity index (χ4n) is 4.86. The normalized spacial score (nSPS) is 19.9. The SMILES string of the molecule is CN1C=C2C(=C(C3=CCN(CC(=O)OC(C)(C)C)CC3)C1)NN=C1C=C(F)c3cc(F)cc2c31. The zero-order valence-electron chi connectivity index (χ0n) is 19.8. The number of hydrogen-bond donors (Lipinski definition) is 1. The lowest BCUT2D eigenvalue weighted by atomic mass is 9.87. The Hall–Kier alpha value is -3.26. The summed E-state index contributed by atoms with van der Waals surface area (Å²) in [6.45, 7) is 7.85. The van der Waals surface area contributed by atoms with E-state index in [9.17, 15) is 13.6 Å². The Morgan fingerprint density at radius 2 is 2.00 bits per heavy atom. The van der Waals surface area contributed by atoms with Gasteiger partial charge in [-0.1, -0.05) is 6.08 Å². The van der Waals surface area contributed by atoms with Crippen LogP contribution in [0.2, 0.25) is 0 Å². The maximum atomic E-state index is 14.5. The number of nitrogens with one attached hydrogen (secondary N) is 1. The molecule has 0 amide bonds. The van der Waals surface area contributed by atoms with Crippen LogP contribution in [0.15, 0.2) is 52.4 Å². The molecule has 1 aromatic carbocycles. The molecule has 4 aliphatic rings. The number of rotatable bonds is 3. The van der Waals surface area contributed by atoms with Crippen LogP contribution in [0.1, 0.15) is 43.9 Å². The molecule has 1 aromatic rings. The molecule has 8 heteroatoms. The summed E-state index contributed by atoms with van der Waals surface area (Å²) in [6, 6.07) is 2.67. The number of hydrazone groups is 1. The summed E-state index contributed by atoms with van der Waals surface area (Å²) in [6.07, 6.45) is 6.19. The molecule has 0 fully saturated rings. The van der Waals surface area contributed by atoms with Crippen molar-refractivity contribution in [2.24, 2.45) is 5.10 Å². The zero-order valence-corrected chi connectivity index (χ0v) is 19.8. The van der Waals surface area contributed by atoms with Gasteiger partial charge in [0.1, 0.15) is 17.2 Å². The predicted molar refractivity (Wildman–Crippen MR) is 128 cm³/mol. The van der Waals surface area contributed by atoms with E-state index in [0.29, 0.717) is 29.9 Å². The Labute approximate surface area is 197 Å². The second kappa shape index (κ2) is 8.20. The van der Waals surface area contributed by atoms with Crippen molar-refractivity contribution in [3.63, 3.8) is 0 Å². The average molecular weight is 467 g/mol. The van der Waals surface area contributed by atoms with Crippen LogP contribution in [-0.4, -0.2) is 60.3 Å². The van der Waals surface area contributed by atoms with E-state index in [0.717, 1.165) is 35.4 Å². The van der Waals surface area contributed by atoms with E-state index in [1.54, 1.807) is 0 Å². The van der Waals surface area contributed by atoms with Crippen LogP contribution in [-0.2, 0) is 9.53 Å². The van der Waals surface area contributed by atoms with Gasteiger partial charge in [0.05, 0.1) is 18.0 Å². The molecule has 3 aliphatic heterocycles. The van der Waals surface area contributed by atoms with Gasteiger partial charge in [-0.3, -0.25) is 15.1 Å². The minimum absolute atomic E-state index is 0.231. The fourth-order valence-corrected chi connectivity index (χ4v) is 4.86. The van der Waals surface area contributed by atoms with Crippen molar-refractivity contribution < 1.29 is 18.3 Å². The van der Waals surface area contributed by atoms with E-state index >= 15 is 0 Å². The maximum absolute atomic E-state index is 14.5. The van der Waals surface area contributed by atoms with Crippen molar-refractivity contribution in [2.45, 2.75) is 32.8 Å². The Balaban J connectivity index is 1.46. The van der Waals surface area contributed by atoms with Crippen LogP contribution in [0, 0.1) is 5.82 Å². The van der Waals surface area contributed by atoms with Crippen molar-refractivity contribution in [1.29, 1.82) is 0 Å². The number of hydrogen-bond acceptors (Lipinski definition) is 6. The van der Waals surface area contributed by atoms with Crippen LogP contribution in [0.3, 0.4) is 0 Å². The zero-order chi connectivity index (χ0) is 24.2. The number of ether oxygens (including phenoxy) is 1. The molecule has 1 aliphatic carbocycles. The van der Waals surface area contributed by atoms with Crippen molar-refractivity contribution in [1.82, 2.24) is 15.2 Å². The van der Waals surface area contributed by atoms with Crippen molar-refractivity contribution in [2.75, 3.05) is 33.2 Å². The minimum atomic E-state index is -0.503. The first kappa shape index (κ1) is 22.5. The first-order valence-corrected chi connectivity index (χ1v) is 11.4. The number of fused-ring (bicyclic) bond motifs is 2. The summed E-state index contributed by atoms with van der Waals surface area (Å²) in [5.74, 6) is -1.19. The third-order valence-corrected chi connectivity index (χ3v) is 6.24. The van der Waals surface area contributed by atoms with E-state index in [1.807, 2.05) is 38.9 Å². The number of esters is 1. The van der Waals surface area contributed by atoms with Crippen LogP contribution >= 0.6 is 0 Å². The van der Waals surface area contributed by atoms with Gasteiger partial charge in [0.2, 0.25) is 0 Å². The number of carbonyl (C=O) groups excluding carboxylic acids is 1. The van der Waals surface area contributed by atoms with Gasteiger partial charge in [-0.05, 0) is 50.5 Å². The highest BCUT2D eigenvalue weighted by Crippen LogP contribution is 2.41. The molecule has 34 heavy (non-hydrogen) atoms. The van der Waals surface area contributed by atoms with Crippen LogP contribution in [0.4, 0.5) is 8.78 Å². The highest BCUT2D eigenvalue weighted by Gasteiger charge is 2.33. The van der Waals surface area contributed by atoms with E-state index in [4.69, 9.17) is 4.74 Å². The Morgan fingerprint density at radius 1 is 1.24 bits per heavy atom. The van der Waals surface area contributed by atoms with Crippen molar-refractivity contribution in [3.8, 4) is 0 Å². The van der Waals surface area contributed by atoms with Gasteiger partial charge in [0.25, 0.3) is 0 Å². The second-order valence-corrected chi connectivity index (χ2v) is 10.1. The molecule has 0 spiro atoms. The molecule has 5 rings (SSSR count). The Morgan fingerprint density at radius 3 is 2.71 bits per heavy atom. The summed E-state index contributed by atoms with van der Waals surface area (Å²) in [5, 5.41) is 4.47. The molecule has 0 aromatic heterocycles. The van der Waals surface area contributed by atoms with Crippen LogP contribution < -0.4 is 5.43 Å². The van der Waals surface area contributed by atoms with E-state index < -0.39 is 17.2 Å². The van der Waals surface area contributed by atoms with Gasteiger partial charge in [0, 0.05) is 61.2 Å². The molecular weight excluding hydrogens is 438 g/mol. The monoisotopic (exact) mass is 466 g/mol. The molecule has 178 valence electrons. The maximum Gasteiger partial charge on any atom is 0.320 e. The third kappa shape index (κ3) is 4.18. The summed E-state index contributed by atoms with van der Waals surface area (Å²) < 4.78 is 34.4. The van der Waals surface area contributed by atoms with Gasteiger partial charge in [0.15, 0.2) is 0 Å². The number of benzene rings is 1. The Kier molecular flexibility index (Phi) is 5.43. The molecular formula is C26H28F2N4O2.